The lowest BCUT2D eigenvalue weighted by molar-refractivity contribution is -0.132. The number of hydrogen-bond acceptors (Lipinski definition) is 5. The van der Waals surface area contributed by atoms with Gasteiger partial charge in [0.2, 0.25) is 5.91 Å². The highest BCUT2D eigenvalue weighted by Crippen LogP contribution is 2.25. The molecule has 1 aliphatic rings. The Balaban J connectivity index is 1.64. The maximum absolute atomic E-state index is 12.9. The quantitative estimate of drug-likeness (QED) is 0.727. The van der Waals surface area contributed by atoms with Crippen LogP contribution >= 0.6 is 0 Å². The number of carbonyl (C=O) groups is 2. The molecule has 1 N–H and O–H groups in total. The van der Waals surface area contributed by atoms with Gasteiger partial charge in [0.1, 0.15) is 5.75 Å². The molecule has 1 aliphatic heterocycles. The van der Waals surface area contributed by atoms with Crippen molar-refractivity contribution in [3.63, 3.8) is 0 Å². The summed E-state index contributed by atoms with van der Waals surface area (Å²) in [6.45, 7) is 2.90. The van der Waals surface area contributed by atoms with E-state index >= 15 is 0 Å². The number of amides is 2. The van der Waals surface area contributed by atoms with E-state index in [1.165, 1.54) is 42.5 Å². The molecule has 0 atom stereocenters. The lowest BCUT2D eigenvalue weighted by Crippen LogP contribution is -2.32. The third kappa shape index (κ3) is 5.10. The first-order valence-corrected chi connectivity index (χ1v) is 11.1. The Kier molecular flexibility index (Phi) is 6.61. The zero-order chi connectivity index (χ0) is 21.7. The Hall–Kier alpha value is -3.07. The van der Waals surface area contributed by atoms with E-state index in [-0.39, 0.29) is 23.3 Å². The Bertz CT molecular complexity index is 998. The van der Waals surface area contributed by atoms with Crippen LogP contribution in [0.4, 0.5) is 11.4 Å². The zero-order valence-corrected chi connectivity index (χ0v) is 17.8. The van der Waals surface area contributed by atoms with Crippen molar-refractivity contribution in [2.75, 3.05) is 36.4 Å². The van der Waals surface area contributed by atoms with Crippen LogP contribution in [-0.2, 0) is 19.6 Å². The molecule has 0 radical (unpaired) electrons. The Morgan fingerprint density at radius 1 is 1.03 bits per heavy atom. The van der Waals surface area contributed by atoms with Crippen LogP contribution in [0.25, 0.3) is 0 Å². The molecule has 3 rings (SSSR count). The van der Waals surface area contributed by atoms with E-state index in [1.54, 1.807) is 29.2 Å². The van der Waals surface area contributed by atoms with Gasteiger partial charge < -0.3 is 15.0 Å². The second-order valence-corrected chi connectivity index (χ2v) is 9.02. The minimum Gasteiger partial charge on any atom is -0.484 e. The number of anilines is 2. The van der Waals surface area contributed by atoms with Gasteiger partial charge in [-0.2, -0.15) is 0 Å². The molecule has 1 saturated heterocycles. The van der Waals surface area contributed by atoms with Gasteiger partial charge in [0.25, 0.3) is 15.9 Å². The highest BCUT2D eigenvalue weighted by atomic mass is 32.2. The van der Waals surface area contributed by atoms with Gasteiger partial charge in [-0.15, -0.1) is 0 Å². The first kappa shape index (κ1) is 21.6. The molecule has 0 unspecified atom stereocenters. The first-order valence-electron chi connectivity index (χ1n) is 9.64. The predicted octanol–water partition coefficient (Wildman–Crippen LogP) is 2.47. The molecule has 0 saturated carbocycles. The van der Waals surface area contributed by atoms with Crippen LogP contribution in [0, 0.1) is 0 Å². The maximum atomic E-state index is 12.9. The van der Waals surface area contributed by atoms with E-state index in [0.717, 1.165) is 25.9 Å². The largest absolute Gasteiger partial charge is 0.484 e. The van der Waals surface area contributed by atoms with Crippen LogP contribution in [0.15, 0.2) is 53.4 Å². The minimum absolute atomic E-state index is 0.0336. The Morgan fingerprint density at radius 3 is 2.20 bits per heavy atom. The van der Waals surface area contributed by atoms with Gasteiger partial charge in [0.05, 0.1) is 10.6 Å². The average molecular weight is 432 g/mol. The summed E-state index contributed by atoms with van der Waals surface area (Å²) in [4.78, 5) is 25.0. The summed E-state index contributed by atoms with van der Waals surface area (Å²) in [6, 6.07) is 12.5. The van der Waals surface area contributed by atoms with E-state index in [0.29, 0.717) is 17.1 Å². The molecule has 2 amide bonds. The summed E-state index contributed by atoms with van der Waals surface area (Å²) in [7, 11) is -2.31. The van der Waals surface area contributed by atoms with Crippen molar-refractivity contribution in [2.24, 2.45) is 0 Å². The second kappa shape index (κ2) is 9.17. The number of likely N-dealkylation sites (tertiary alicyclic amines) is 1. The molecule has 0 aliphatic carbocycles. The molecular formula is C21H25N3O5S. The van der Waals surface area contributed by atoms with Gasteiger partial charge in [0.15, 0.2) is 6.61 Å². The molecule has 0 spiro atoms. The molecule has 2 aromatic carbocycles. The number of sulfonamides is 1. The summed E-state index contributed by atoms with van der Waals surface area (Å²) in [5.74, 6) is 0.225. The van der Waals surface area contributed by atoms with E-state index in [2.05, 4.69) is 5.32 Å². The summed E-state index contributed by atoms with van der Waals surface area (Å²) in [5, 5.41) is 2.60. The summed E-state index contributed by atoms with van der Waals surface area (Å²) in [5.41, 5.74) is 0.980. The molecule has 160 valence electrons. The minimum atomic E-state index is -3.77. The van der Waals surface area contributed by atoms with Crippen LogP contribution in [0.2, 0.25) is 0 Å². The molecular weight excluding hydrogens is 406 g/mol. The number of carbonyl (C=O) groups excluding carboxylic acids is 2. The molecule has 0 bridgehead atoms. The van der Waals surface area contributed by atoms with E-state index in [9.17, 15) is 18.0 Å². The smallest absolute Gasteiger partial charge is 0.264 e. The fraction of sp³-hybridized carbons (Fsp3) is 0.333. The standard InChI is InChI=1S/C21H25N3O5S/c1-16(25)22-17-5-11-20(12-6-17)30(27,28)23(2)18-7-9-19(10-8-18)29-15-21(26)24-13-3-4-14-24/h5-12H,3-4,13-15H2,1-2H3,(H,22,25). The fourth-order valence-electron chi connectivity index (χ4n) is 3.17. The number of nitrogens with one attached hydrogen (secondary N) is 1. The third-order valence-electron chi connectivity index (χ3n) is 4.85. The van der Waals surface area contributed by atoms with E-state index < -0.39 is 10.0 Å². The van der Waals surface area contributed by atoms with Crippen LogP contribution < -0.4 is 14.4 Å². The normalized spacial score (nSPS) is 13.7. The molecule has 2 aromatic rings. The topological polar surface area (TPSA) is 96.0 Å². The Morgan fingerprint density at radius 2 is 1.63 bits per heavy atom. The lowest BCUT2D eigenvalue weighted by Gasteiger charge is -2.20. The molecule has 1 fully saturated rings. The number of ether oxygens (including phenoxy) is 1. The summed E-state index contributed by atoms with van der Waals surface area (Å²) in [6.07, 6.45) is 2.05. The van der Waals surface area contributed by atoms with Gasteiger partial charge >= 0.3 is 0 Å². The number of rotatable bonds is 7. The van der Waals surface area contributed by atoms with Crippen molar-refractivity contribution in [1.82, 2.24) is 4.90 Å². The van der Waals surface area contributed by atoms with Crippen molar-refractivity contribution in [1.29, 1.82) is 0 Å². The van der Waals surface area contributed by atoms with Crippen molar-refractivity contribution < 1.29 is 22.7 Å². The predicted molar refractivity (Wildman–Crippen MR) is 114 cm³/mol. The fourth-order valence-corrected chi connectivity index (χ4v) is 4.36. The maximum Gasteiger partial charge on any atom is 0.264 e. The highest BCUT2D eigenvalue weighted by molar-refractivity contribution is 7.92. The molecule has 30 heavy (non-hydrogen) atoms. The molecule has 1 heterocycles. The van der Waals surface area contributed by atoms with Gasteiger partial charge in [-0.25, -0.2) is 8.42 Å². The van der Waals surface area contributed by atoms with Gasteiger partial charge in [-0.05, 0) is 61.4 Å². The number of nitrogens with zero attached hydrogens (tertiary/aromatic N) is 2. The van der Waals surface area contributed by atoms with E-state index in [4.69, 9.17) is 4.74 Å². The first-order chi connectivity index (χ1) is 14.3. The zero-order valence-electron chi connectivity index (χ0n) is 17.0. The van der Waals surface area contributed by atoms with Crippen molar-refractivity contribution in [3.05, 3.63) is 48.5 Å². The molecule has 8 nitrogen and oxygen atoms in total. The molecule has 0 aromatic heterocycles. The van der Waals surface area contributed by atoms with Crippen molar-refractivity contribution in [3.8, 4) is 5.75 Å². The van der Waals surface area contributed by atoms with Crippen LogP contribution in [-0.4, -0.2) is 51.9 Å². The van der Waals surface area contributed by atoms with Gasteiger partial charge in [0, 0.05) is 32.7 Å². The van der Waals surface area contributed by atoms with Crippen LogP contribution in [0.1, 0.15) is 19.8 Å². The van der Waals surface area contributed by atoms with Gasteiger partial charge in [-0.1, -0.05) is 0 Å². The highest BCUT2D eigenvalue weighted by Gasteiger charge is 2.22. The third-order valence-corrected chi connectivity index (χ3v) is 6.65. The SMILES string of the molecule is CC(=O)Nc1ccc(S(=O)(=O)N(C)c2ccc(OCC(=O)N3CCCC3)cc2)cc1. The second-order valence-electron chi connectivity index (χ2n) is 7.05. The number of hydrogen-bond donors (Lipinski definition) is 1. The van der Waals surface area contributed by atoms with Crippen LogP contribution in [0.5, 0.6) is 5.75 Å². The summed E-state index contributed by atoms with van der Waals surface area (Å²) < 4.78 is 32.4. The van der Waals surface area contributed by atoms with Gasteiger partial charge in [-0.3, -0.25) is 13.9 Å². The van der Waals surface area contributed by atoms with Crippen molar-refractivity contribution in [2.45, 2.75) is 24.7 Å². The lowest BCUT2D eigenvalue weighted by atomic mass is 10.3. The average Bonchev–Trinajstić information content (AvgIpc) is 3.27. The molecule has 9 heteroatoms. The van der Waals surface area contributed by atoms with E-state index in [1.807, 2.05) is 0 Å². The number of benzene rings is 2. The van der Waals surface area contributed by atoms with Crippen molar-refractivity contribution >= 4 is 33.2 Å². The monoisotopic (exact) mass is 431 g/mol. The summed E-state index contributed by atoms with van der Waals surface area (Å²) >= 11 is 0. The van der Waals surface area contributed by atoms with Crippen LogP contribution in [0.3, 0.4) is 0 Å². The Labute approximate surface area is 176 Å².